The highest BCUT2D eigenvalue weighted by atomic mass is 32.2. The van der Waals surface area contributed by atoms with Gasteiger partial charge in [-0.25, -0.2) is 12.7 Å². The number of ether oxygens (including phenoxy) is 1. The highest BCUT2D eigenvalue weighted by Gasteiger charge is 2.29. The SMILES string of the molecule is CCCN(CC1CCN(S(C)(=O)=O)CC1)C1CCc2ccc(OCC)cc2C1. The normalized spacial score (nSPS) is 21.6. The van der Waals surface area contributed by atoms with Gasteiger partial charge in [0.2, 0.25) is 10.0 Å². The maximum Gasteiger partial charge on any atom is 0.211 e. The fourth-order valence-corrected chi connectivity index (χ4v) is 5.62. The minimum Gasteiger partial charge on any atom is -0.494 e. The van der Waals surface area contributed by atoms with Crippen LogP contribution in [0.2, 0.25) is 0 Å². The average Bonchev–Trinajstić information content (AvgIpc) is 2.67. The zero-order valence-electron chi connectivity index (χ0n) is 17.7. The van der Waals surface area contributed by atoms with E-state index >= 15 is 0 Å². The summed E-state index contributed by atoms with van der Waals surface area (Å²) in [5.74, 6) is 1.58. The summed E-state index contributed by atoms with van der Waals surface area (Å²) in [6.07, 6.45) is 7.88. The van der Waals surface area contributed by atoms with Crippen LogP contribution in [0.4, 0.5) is 0 Å². The average molecular weight is 409 g/mol. The molecule has 5 nitrogen and oxygen atoms in total. The molecule has 1 atom stereocenters. The molecule has 1 aliphatic heterocycles. The lowest BCUT2D eigenvalue weighted by atomic mass is 9.86. The molecule has 1 aliphatic carbocycles. The molecule has 1 saturated heterocycles. The first-order chi connectivity index (χ1) is 13.4. The van der Waals surface area contributed by atoms with E-state index in [0.29, 0.717) is 31.7 Å². The largest absolute Gasteiger partial charge is 0.494 e. The fourth-order valence-electron chi connectivity index (χ4n) is 4.75. The van der Waals surface area contributed by atoms with Crippen molar-refractivity contribution in [1.29, 1.82) is 0 Å². The van der Waals surface area contributed by atoms with Crippen molar-refractivity contribution in [2.75, 3.05) is 39.0 Å². The molecular weight excluding hydrogens is 372 g/mol. The molecule has 0 aromatic heterocycles. The summed E-state index contributed by atoms with van der Waals surface area (Å²) in [5, 5.41) is 0. The number of hydrogen-bond donors (Lipinski definition) is 0. The number of rotatable bonds is 8. The minimum atomic E-state index is -3.04. The van der Waals surface area contributed by atoms with E-state index in [0.717, 1.165) is 50.9 Å². The molecule has 0 N–H and O–H groups in total. The van der Waals surface area contributed by atoms with Gasteiger partial charge in [-0.2, -0.15) is 0 Å². The zero-order chi connectivity index (χ0) is 20.1. The van der Waals surface area contributed by atoms with E-state index in [4.69, 9.17) is 4.74 Å². The molecule has 2 aliphatic rings. The summed E-state index contributed by atoms with van der Waals surface area (Å²) in [6.45, 7) is 8.55. The van der Waals surface area contributed by atoms with Gasteiger partial charge in [-0.15, -0.1) is 0 Å². The Kier molecular flexibility index (Phi) is 7.40. The summed E-state index contributed by atoms with van der Waals surface area (Å²) in [5.41, 5.74) is 2.91. The first-order valence-corrected chi connectivity index (χ1v) is 12.7. The monoisotopic (exact) mass is 408 g/mol. The van der Waals surface area contributed by atoms with E-state index in [1.165, 1.54) is 23.8 Å². The van der Waals surface area contributed by atoms with Crippen LogP contribution in [0.3, 0.4) is 0 Å². The molecule has 158 valence electrons. The molecule has 0 radical (unpaired) electrons. The van der Waals surface area contributed by atoms with Crippen molar-refractivity contribution in [3.05, 3.63) is 29.3 Å². The Labute approximate surface area is 171 Å². The zero-order valence-corrected chi connectivity index (χ0v) is 18.5. The number of piperidine rings is 1. The summed E-state index contributed by atoms with van der Waals surface area (Å²) in [4.78, 5) is 2.68. The minimum absolute atomic E-state index is 0.581. The van der Waals surface area contributed by atoms with Crippen LogP contribution in [0.5, 0.6) is 5.75 Å². The van der Waals surface area contributed by atoms with Crippen LogP contribution >= 0.6 is 0 Å². The van der Waals surface area contributed by atoms with Crippen LogP contribution in [0, 0.1) is 5.92 Å². The molecular formula is C22H36N2O3S. The molecule has 0 saturated carbocycles. The van der Waals surface area contributed by atoms with Gasteiger partial charge in [-0.3, -0.25) is 4.90 Å². The lowest BCUT2D eigenvalue weighted by molar-refractivity contribution is 0.129. The van der Waals surface area contributed by atoms with Gasteiger partial charge in [0, 0.05) is 25.7 Å². The second-order valence-electron chi connectivity index (χ2n) is 8.36. The van der Waals surface area contributed by atoms with Crippen molar-refractivity contribution in [3.8, 4) is 5.75 Å². The van der Waals surface area contributed by atoms with Crippen LogP contribution in [0.15, 0.2) is 18.2 Å². The van der Waals surface area contributed by atoms with Gasteiger partial charge >= 0.3 is 0 Å². The molecule has 0 bridgehead atoms. The highest BCUT2D eigenvalue weighted by Crippen LogP contribution is 2.30. The summed E-state index contributed by atoms with van der Waals surface area (Å²) < 4.78 is 30.9. The third-order valence-corrected chi connectivity index (χ3v) is 7.56. The number of sulfonamides is 1. The standard InChI is InChI=1S/C22H36N2O3S/c1-4-12-23(17-18-10-13-24(14-11-18)28(3,25)26)21-8-6-19-7-9-22(27-5-2)16-20(19)15-21/h7,9,16,18,21H,4-6,8,10-15,17H2,1-3H3. The molecule has 1 aromatic carbocycles. The summed E-state index contributed by atoms with van der Waals surface area (Å²) >= 11 is 0. The Bertz CT molecular complexity index is 742. The van der Waals surface area contributed by atoms with Crippen LogP contribution in [-0.2, 0) is 22.9 Å². The van der Waals surface area contributed by atoms with Gasteiger partial charge in [0.05, 0.1) is 12.9 Å². The Morgan fingerprint density at radius 2 is 1.89 bits per heavy atom. The predicted molar refractivity (Wildman–Crippen MR) is 114 cm³/mol. The lowest BCUT2D eigenvalue weighted by Crippen LogP contribution is -2.45. The molecule has 1 aromatic rings. The Hall–Kier alpha value is -1.11. The van der Waals surface area contributed by atoms with Crippen molar-refractivity contribution in [2.24, 2.45) is 5.92 Å². The van der Waals surface area contributed by atoms with Gasteiger partial charge in [0.1, 0.15) is 5.75 Å². The fraction of sp³-hybridized carbons (Fsp3) is 0.727. The van der Waals surface area contributed by atoms with Gasteiger partial charge in [-0.05, 0) is 81.2 Å². The molecule has 28 heavy (non-hydrogen) atoms. The third kappa shape index (κ3) is 5.49. The predicted octanol–water partition coefficient (Wildman–Crippen LogP) is 3.33. The maximum absolute atomic E-state index is 11.8. The van der Waals surface area contributed by atoms with Crippen molar-refractivity contribution in [3.63, 3.8) is 0 Å². The summed E-state index contributed by atoms with van der Waals surface area (Å²) in [7, 11) is -3.04. The van der Waals surface area contributed by atoms with E-state index in [9.17, 15) is 8.42 Å². The third-order valence-electron chi connectivity index (χ3n) is 6.25. The molecule has 1 fully saturated rings. The van der Waals surface area contributed by atoms with Gasteiger partial charge in [0.15, 0.2) is 0 Å². The molecule has 3 rings (SSSR count). The Balaban J connectivity index is 1.62. The number of nitrogens with zero attached hydrogens (tertiary/aromatic N) is 2. The van der Waals surface area contributed by atoms with Crippen LogP contribution in [0.1, 0.15) is 50.7 Å². The van der Waals surface area contributed by atoms with Crippen molar-refractivity contribution < 1.29 is 13.2 Å². The maximum atomic E-state index is 11.8. The van der Waals surface area contributed by atoms with Crippen LogP contribution < -0.4 is 4.74 Å². The smallest absolute Gasteiger partial charge is 0.211 e. The molecule has 1 heterocycles. The van der Waals surface area contributed by atoms with E-state index in [2.05, 4.69) is 30.0 Å². The number of hydrogen-bond acceptors (Lipinski definition) is 4. The van der Waals surface area contributed by atoms with E-state index in [-0.39, 0.29) is 0 Å². The van der Waals surface area contributed by atoms with E-state index in [1.54, 1.807) is 4.31 Å². The number of benzene rings is 1. The lowest BCUT2D eigenvalue weighted by Gasteiger charge is -2.39. The quantitative estimate of drug-likeness (QED) is 0.662. The molecule has 0 spiro atoms. The van der Waals surface area contributed by atoms with Crippen molar-refractivity contribution in [2.45, 2.75) is 58.4 Å². The Morgan fingerprint density at radius 1 is 1.14 bits per heavy atom. The first kappa shape index (κ1) is 21.6. The second kappa shape index (κ2) is 9.59. The molecule has 0 amide bonds. The molecule has 1 unspecified atom stereocenters. The Morgan fingerprint density at radius 3 is 2.54 bits per heavy atom. The second-order valence-corrected chi connectivity index (χ2v) is 10.3. The molecule has 6 heteroatoms. The number of aryl methyl sites for hydroxylation is 1. The number of fused-ring (bicyclic) bond motifs is 1. The van der Waals surface area contributed by atoms with Gasteiger partial charge in [-0.1, -0.05) is 13.0 Å². The topological polar surface area (TPSA) is 49.9 Å². The van der Waals surface area contributed by atoms with Gasteiger partial charge in [0.25, 0.3) is 0 Å². The van der Waals surface area contributed by atoms with E-state index < -0.39 is 10.0 Å². The van der Waals surface area contributed by atoms with Crippen LogP contribution in [-0.4, -0.2) is 62.7 Å². The summed E-state index contributed by atoms with van der Waals surface area (Å²) in [6, 6.07) is 7.15. The van der Waals surface area contributed by atoms with Crippen molar-refractivity contribution >= 4 is 10.0 Å². The van der Waals surface area contributed by atoms with Crippen LogP contribution in [0.25, 0.3) is 0 Å². The first-order valence-electron chi connectivity index (χ1n) is 10.8. The van der Waals surface area contributed by atoms with Crippen molar-refractivity contribution in [1.82, 2.24) is 9.21 Å². The highest BCUT2D eigenvalue weighted by molar-refractivity contribution is 7.88. The van der Waals surface area contributed by atoms with E-state index in [1.807, 2.05) is 6.92 Å². The van der Waals surface area contributed by atoms with Gasteiger partial charge < -0.3 is 4.74 Å².